The van der Waals surface area contributed by atoms with Crippen LogP contribution in [0.5, 0.6) is 0 Å². The van der Waals surface area contributed by atoms with Crippen molar-refractivity contribution in [1.29, 1.82) is 0 Å². The first-order valence-electron chi connectivity index (χ1n) is 6.18. The second kappa shape index (κ2) is 6.52. The Morgan fingerprint density at radius 1 is 0.952 bits per heavy atom. The summed E-state index contributed by atoms with van der Waals surface area (Å²) in [5.41, 5.74) is 1.88. The van der Waals surface area contributed by atoms with Gasteiger partial charge in [0, 0.05) is 21.4 Å². The van der Waals surface area contributed by atoms with E-state index in [9.17, 15) is 0 Å². The minimum absolute atomic E-state index is 0.480. The van der Waals surface area contributed by atoms with Gasteiger partial charge in [-0.2, -0.15) is 0 Å². The number of rotatable bonds is 4. The Labute approximate surface area is 136 Å². The molecule has 0 fully saturated rings. The molecule has 0 atom stereocenters. The molecule has 21 heavy (non-hydrogen) atoms. The first-order valence-corrected chi connectivity index (χ1v) is 7.92. The van der Waals surface area contributed by atoms with Crippen molar-refractivity contribution < 1.29 is 4.42 Å². The molecular formula is C15H10Cl2N2OS. The molecule has 6 heteroatoms. The predicted molar refractivity (Wildman–Crippen MR) is 85.8 cm³/mol. The monoisotopic (exact) mass is 336 g/mol. The molecule has 0 amide bonds. The van der Waals surface area contributed by atoms with Crippen LogP contribution in [-0.4, -0.2) is 10.2 Å². The van der Waals surface area contributed by atoms with E-state index < -0.39 is 0 Å². The smallest absolute Gasteiger partial charge is 0.277 e. The Morgan fingerprint density at radius 3 is 2.48 bits per heavy atom. The predicted octanol–water partition coefficient (Wildman–Crippen LogP) is 5.34. The van der Waals surface area contributed by atoms with Gasteiger partial charge in [0.2, 0.25) is 5.89 Å². The van der Waals surface area contributed by atoms with Gasteiger partial charge in [0.25, 0.3) is 5.22 Å². The van der Waals surface area contributed by atoms with Gasteiger partial charge >= 0.3 is 0 Å². The zero-order chi connectivity index (χ0) is 14.7. The molecule has 3 rings (SSSR count). The molecule has 0 radical (unpaired) electrons. The van der Waals surface area contributed by atoms with Crippen LogP contribution in [0.3, 0.4) is 0 Å². The van der Waals surface area contributed by atoms with Gasteiger partial charge in [-0.1, -0.05) is 53.2 Å². The maximum atomic E-state index is 6.11. The summed E-state index contributed by atoms with van der Waals surface area (Å²) in [5.74, 6) is 1.16. The van der Waals surface area contributed by atoms with E-state index in [1.165, 1.54) is 11.8 Å². The van der Waals surface area contributed by atoms with Crippen molar-refractivity contribution in [3.8, 4) is 11.5 Å². The van der Waals surface area contributed by atoms with Crippen LogP contribution < -0.4 is 0 Å². The summed E-state index contributed by atoms with van der Waals surface area (Å²) in [6.07, 6.45) is 0. The van der Waals surface area contributed by atoms with Gasteiger partial charge in [0.1, 0.15) is 0 Å². The van der Waals surface area contributed by atoms with Crippen LogP contribution in [-0.2, 0) is 5.75 Å². The van der Waals surface area contributed by atoms with Crippen LogP contribution in [0.4, 0.5) is 0 Å². The summed E-state index contributed by atoms with van der Waals surface area (Å²) in [4.78, 5) is 0. The van der Waals surface area contributed by atoms with E-state index in [4.69, 9.17) is 27.6 Å². The quantitative estimate of drug-likeness (QED) is 0.603. The highest BCUT2D eigenvalue weighted by Crippen LogP contribution is 2.28. The maximum absolute atomic E-state index is 6.11. The first kappa shape index (κ1) is 14.4. The molecule has 0 N–H and O–H groups in total. The topological polar surface area (TPSA) is 38.9 Å². The number of benzene rings is 2. The molecule has 1 heterocycles. The molecule has 0 aliphatic heterocycles. The largest absolute Gasteiger partial charge is 0.411 e. The number of hydrogen-bond acceptors (Lipinski definition) is 4. The lowest BCUT2D eigenvalue weighted by Gasteiger charge is -2.00. The molecule has 106 valence electrons. The molecular weight excluding hydrogens is 327 g/mol. The van der Waals surface area contributed by atoms with E-state index in [1.54, 1.807) is 12.1 Å². The lowest BCUT2D eigenvalue weighted by atomic mass is 10.2. The average molecular weight is 337 g/mol. The Bertz CT molecular complexity index is 743. The zero-order valence-electron chi connectivity index (χ0n) is 10.8. The van der Waals surface area contributed by atoms with E-state index in [1.807, 2.05) is 36.4 Å². The summed E-state index contributed by atoms with van der Waals surface area (Å²) in [6, 6.07) is 15.0. The maximum Gasteiger partial charge on any atom is 0.277 e. The average Bonchev–Trinajstić information content (AvgIpc) is 2.96. The first-order chi connectivity index (χ1) is 10.2. The molecule has 0 saturated carbocycles. The molecule has 2 aromatic carbocycles. The molecule has 0 aliphatic carbocycles. The van der Waals surface area contributed by atoms with E-state index in [0.29, 0.717) is 21.9 Å². The Hall–Kier alpha value is -1.49. The van der Waals surface area contributed by atoms with Gasteiger partial charge in [0.15, 0.2) is 0 Å². The summed E-state index contributed by atoms with van der Waals surface area (Å²) < 4.78 is 5.63. The van der Waals surface area contributed by atoms with Crippen LogP contribution >= 0.6 is 35.0 Å². The molecule has 1 aromatic heterocycles. The SMILES string of the molecule is Clc1ccc(-c2nnc(SCc3ccccc3Cl)o2)cc1. The zero-order valence-corrected chi connectivity index (χ0v) is 13.1. The molecule has 0 aliphatic rings. The van der Waals surface area contributed by atoms with Crippen molar-refractivity contribution in [2.75, 3.05) is 0 Å². The van der Waals surface area contributed by atoms with Gasteiger partial charge < -0.3 is 4.42 Å². The Morgan fingerprint density at radius 2 is 1.71 bits per heavy atom. The third-order valence-electron chi connectivity index (χ3n) is 2.81. The third kappa shape index (κ3) is 3.59. The van der Waals surface area contributed by atoms with Crippen molar-refractivity contribution >= 4 is 35.0 Å². The van der Waals surface area contributed by atoms with Gasteiger partial charge in [0.05, 0.1) is 0 Å². The van der Waals surface area contributed by atoms with E-state index in [-0.39, 0.29) is 0 Å². The van der Waals surface area contributed by atoms with E-state index >= 15 is 0 Å². The van der Waals surface area contributed by atoms with Crippen molar-refractivity contribution in [1.82, 2.24) is 10.2 Å². The Kier molecular flexibility index (Phi) is 4.48. The lowest BCUT2D eigenvalue weighted by Crippen LogP contribution is -1.81. The van der Waals surface area contributed by atoms with Gasteiger partial charge in [-0.25, -0.2) is 0 Å². The minimum atomic E-state index is 0.480. The number of hydrogen-bond donors (Lipinski definition) is 0. The summed E-state index contributed by atoms with van der Waals surface area (Å²) in [5, 5.41) is 9.99. The van der Waals surface area contributed by atoms with Crippen molar-refractivity contribution in [2.45, 2.75) is 11.0 Å². The standard InChI is InChI=1S/C15H10Cl2N2OS/c16-12-7-5-10(6-8-12)14-18-19-15(20-14)21-9-11-3-1-2-4-13(11)17/h1-8H,9H2. The van der Waals surface area contributed by atoms with Crippen LogP contribution in [0.2, 0.25) is 10.0 Å². The molecule has 3 aromatic rings. The summed E-state index contributed by atoms with van der Waals surface area (Å²) in [6.45, 7) is 0. The van der Waals surface area contributed by atoms with Crippen LogP contribution in [0, 0.1) is 0 Å². The van der Waals surface area contributed by atoms with Gasteiger partial charge in [-0.3, -0.25) is 0 Å². The third-order valence-corrected chi connectivity index (χ3v) is 4.29. The Balaban J connectivity index is 1.71. The molecule has 0 unspecified atom stereocenters. The van der Waals surface area contributed by atoms with Gasteiger partial charge in [-0.15, -0.1) is 10.2 Å². The normalized spacial score (nSPS) is 10.8. The minimum Gasteiger partial charge on any atom is -0.411 e. The highest BCUT2D eigenvalue weighted by Gasteiger charge is 2.10. The highest BCUT2D eigenvalue weighted by atomic mass is 35.5. The number of thioether (sulfide) groups is 1. The fourth-order valence-corrected chi connectivity index (χ4v) is 2.91. The van der Waals surface area contributed by atoms with E-state index in [0.717, 1.165) is 16.1 Å². The fourth-order valence-electron chi connectivity index (χ4n) is 1.73. The number of nitrogens with zero attached hydrogens (tertiary/aromatic N) is 2. The molecule has 0 spiro atoms. The molecule has 0 bridgehead atoms. The highest BCUT2D eigenvalue weighted by molar-refractivity contribution is 7.98. The van der Waals surface area contributed by atoms with E-state index in [2.05, 4.69) is 10.2 Å². The van der Waals surface area contributed by atoms with Crippen LogP contribution in [0.1, 0.15) is 5.56 Å². The van der Waals surface area contributed by atoms with Gasteiger partial charge in [-0.05, 0) is 35.9 Å². The fraction of sp³-hybridized carbons (Fsp3) is 0.0667. The second-order valence-electron chi connectivity index (χ2n) is 4.26. The molecule has 3 nitrogen and oxygen atoms in total. The van der Waals surface area contributed by atoms with Crippen molar-refractivity contribution in [2.24, 2.45) is 0 Å². The van der Waals surface area contributed by atoms with Crippen molar-refractivity contribution in [3.63, 3.8) is 0 Å². The second-order valence-corrected chi connectivity index (χ2v) is 6.03. The van der Waals surface area contributed by atoms with Crippen LogP contribution in [0.25, 0.3) is 11.5 Å². The summed E-state index contributed by atoms with van der Waals surface area (Å²) >= 11 is 13.4. The van der Waals surface area contributed by atoms with Crippen molar-refractivity contribution in [3.05, 3.63) is 64.1 Å². The lowest BCUT2D eigenvalue weighted by molar-refractivity contribution is 0.466. The van der Waals surface area contributed by atoms with Crippen LogP contribution in [0.15, 0.2) is 58.2 Å². The summed E-state index contributed by atoms with van der Waals surface area (Å²) in [7, 11) is 0. The molecule has 0 saturated heterocycles. The number of halogens is 2. The number of aromatic nitrogens is 2.